The molecule has 0 aromatic heterocycles. The highest BCUT2D eigenvalue weighted by Gasteiger charge is 2.15. The molecule has 2 aromatic carbocycles. The zero-order valence-corrected chi connectivity index (χ0v) is 12.8. The Labute approximate surface area is 137 Å². The number of ether oxygens (including phenoxy) is 2. The minimum Gasteiger partial charge on any atom is -0.490 e. The predicted molar refractivity (Wildman–Crippen MR) is 84.8 cm³/mol. The number of nitrogens with zero attached hydrogens (tertiary/aromatic N) is 1. The maximum absolute atomic E-state index is 13.3. The van der Waals surface area contributed by atoms with E-state index in [4.69, 9.17) is 9.47 Å². The molecule has 1 N–H and O–H groups in total. The minimum atomic E-state index is -0.972. The molecule has 2 rings (SSSR count). The van der Waals surface area contributed by atoms with Crippen molar-refractivity contribution in [1.82, 2.24) is 0 Å². The van der Waals surface area contributed by atoms with Crippen molar-refractivity contribution in [1.29, 1.82) is 0 Å². The number of halogens is 1. The largest absolute Gasteiger partial charge is 0.490 e. The van der Waals surface area contributed by atoms with E-state index in [2.05, 4.69) is 5.32 Å². The summed E-state index contributed by atoms with van der Waals surface area (Å²) >= 11 is 0. The topological polar surface area (TPSA) is 90.7 Å². The number of carbonyl (C=O) groups excluding carboxylic acids is 1. The first-order valence-electron chi connectivity index (χ1n) is 7.09. The molecule has 0 aliphatic carbocycles. The number of nitro groups is 1. The Kier molecular flexibility index (Phi) is 5.67. The predicted octanol–water partition coefficient (Wildman–Crippen LogP) is 3.15. The fourth-order valence-corrected chi connectivity index (χ4v) is 1.91. The van der Waals surface area contributed by atoms with Crippen LogP contribution >= 0.6 is 0 Å². The van der Waals surface area contributed by atoms with Gasteiger partial charge >= 0.3 is 5.69 Å². The molecule has 0 aliphatic heterocycles. The van der Waals surface area contributed by atoms with Crippen LogP contribution in [0.2, 0.25) is 0 Å². The van der Waals surface area contributed by atoms with Crippen LogP contribution in [0.15, 0.2) is 42.5 Å². The van der Waals surface area contributed by atoms with Gasteiger partial charge in [0.25, 0.3) is 5.91 Å². The lowest BCUT2D eigenvalue weighted by atomic mass is 10.2. The Morgan fingerprint density at radius 1 is 1.21 bits per heavy atom. The van der Waals surface area contributed by atoms with E-state index in [1.807, 2.05) is 6.92 Å². The third kappa shape index (κ3) is 4.42. The average Bonchev–Trinajstić information content (AvgIpc) is 2.56. The number of carbonyl (C=O) groups is 1. The Morgan fingerprint density at radius 2 is 1.88 bits per heavy atom. The number of hydrogen-bond donors (Lipinski definition) is 1. The standard InChI is InChI=1S/C16H15FN2O5/c1-2-23-14-5-3-4-6-15(14)24-10-16(20)18-11-7-8-12(17)13(9-11)19(21)22/h3-9H,2,10H2,1H3,(H,18,20). The molecule has 0 radical (unpaired) electrons. The summed E-state index contributed by atoms with van der Waals surface area (Å²) in [4.78, 5) is 21.7. The van der Waals surface area contributed by atoms with Crippen LogP contribution in [0.4, 0.5) is 15.8 Å². The number of amides is 1. The van der Waals surface area contributed by atoms with Crippen molar-refractivity contribution in [3.63, 3.8) is 0 Å². The summed E-state index contributed by atoms with van der Waals surface area (Å²) in [5, 5.41) is 13.1. The Morgan fingerprint density at radius 3 is 2.50 bits per heavy atom. The molecule has 0 fully saturated rings. The fourth-order valence-electron chi connectivity index (χ4n) is 1.91. The second-order valence-electron chi connectivity index (χ2n) is 4.64. The average molecular weight is 334 g/mol. The molecule has 0 unspecified atom stereocenters. The molecule has 8 heteroatoms. The molecular formula is C16H15FN2O5. The van der Waals surface area contributed by atoms with Gasteiger partial charge in [0, 0.05) is 11.8 Å². The molecule has 0 atom stereocenters. The first-order chi connectivity index (χ1) is 11.5. The number of nitro benzene ring substituents is 1. The lowest BCUT2D eigenvalue weighted by Gasteiger charge is -2.11. The van der Waals surface area contributed by atoms with Crippen molar-refractivity contribution in [2.75, 3.05) is 18.5 Å². The first-order valence-corrected chi connectivity index (χ1v) is 7.09. The van der Waals surface area contributed by atoms with Crippen LogP contribution in [0.1, 0.15) is 6.92 Å². The summed E-state index contributed by atoms with van der Waals surface area (Å²) in [6.45, 7) is 1.95. The monoisotopic (exact) mass is 334 g/mol. The molecule has 126 valence electrons. The number of anilines is 1. The van der Waals surface area contributed by atoms with E-state index in [0.29, 0.717) is 18.1 Å². The molecule has 7 nitrogen and oxygen atoms in total. The molecule has 24 heavy (non-hydrogen) atoms. The normalized spacial score (nSPS) is 10.1. The zero-order chi connectivity index (χ0) is 17.5. The second kappa shape index (κ2) is 7.91. The van der Waals surface area contributed by atoms with E-state index < -0.39 is 22.3 Å². The van der Waals surface area contributed by atoms with Gasteiger partial charge < -0.3 is 14.8 Å². The van der Waals surface area contributed by atoms with Crippen LogP contribution in [0.3, 0.4) is 0 Å². The van der Waals surface area contributed by atoms with Gasteiger partial charge in [0.15, 0.2) is 18.1 Å². The summed E-state index contributed by atoms with van der Waals surface area (Å²) < 4.78 is 24.0. The van der Waals surface area contributed by atoms with E-state index in [-0.39, 0.29) is 12.3 Å². The molecule has 2 aromatic rings. The first kappa shape index (κ1) is 17.2. The van der Waals surface area contributed by atoms with Crippen molar-refractivity contribution in [2.45, 2.75) is 6.92 Å². The molecular weight excluding hydrogens is 319 g/mol. The lowest BCUT2D eigenvalue weighted by Crippen LogP contribution is -2.20. The summed E-state index contributed by atoms with van der Waals surface area (Å²) in [5.41, 5.74) is -0.606. The Hall–Kier alpha value is -3.16. The molecule has 0 heterocycles. The van der Waals surface area contributed by atoms with Crippen molar-refractivity contribution < 1.29 is 23.6 Å². The highest BCUT2D eigenvalue weighted by Crippen LogP contribution is 2.26. The number of hydrogen-bond acceptors (Lipinski definition) is 5. The summed E-state index contributed by atoms with van der Waals surface area (Å²) in [5.74, 6) is -0.605. The van der Waals surface area contributed by atoms with E-state index >= 15 is 0 Å². The van der Waals surface area contributed by atoms with Crippen LogP contribution < -0.4 is 14.8 Å². The maximum Gasteiger partial charge on any atom is 0.306 e. The SMILES string of the molecule is CCOc1ccccc1OCC(=O)Nc1ccc(F)c([N+](=O)[O-])c1. The van der Waals surface area contributed by atoms with Crippen LogP contribution in [0.5, 0.6) is 11.5 Å². The molecule has 1 amide bonds. The number of benzene rings is 2. The van der Waals surface area contributed by atoms with Crippen molar-refractivity contribution >= 4 is 17.3 Å². The summed E-state index contributed by atoms with van der Waals surface area (Å²) in [6.07, 6.45) is 0. The van der Waals surface area contributed by atoms with Crippen molar-refractivity contribution in [3.8, 4) is 11.5 Å². The van der Waals surface area contributed by atoms with Crippen molar-refractivity contribution in [3.05, 3.63) is 58.4 Å². The second-order valence-corrected chi connectivity index (χ2v) is 4.64. The van der Waals surface area contributed by atoms with Gasteiger partial charge in [-0.3, -0.25) is 14.9 Å². The van der Waals surface area contributed by atoms with Gasteiger partial charge in [-0.05, 0) is 31.2 Å². The quantitative estimate of drug-likeness (QED) is 0.620. The van der Waals surface area contributed by atoms with Crippen LogP contribution in [0.25, 0.3) is 0 Å². The van der Waals surface area contributed by atoms with Gasteiger partial charge in [-0.1, -0.05) is 12.1 Å². The third-order valence-electron chi connectivity index (χ3n) is 2.93. The fraction of sp³-hybridized carbons (Fsp3) is 0.188. The van der Waals surface area contributed by atoms with E-state index in [9.17, 15) is 19.3 Å². The maximum atomic E-state index is 13.3. The summed E-state index contributed by atoms with van der Waals surface area (Å²) in [6, 6.07) is 9.96. The molecule has 0 bridgehead atoms. The van der Waals surface area contributed by atoms with Crippen LogP contribution in [0, 0.1) is 15.9 Å². The van der Waals surface area contributed by atoms with Gasteiger partial charge in [0.2, 0.25) is 5.82 Å². The van der Waals surface area contributed by atoms with E-state index in [0.717, 1.165) is 12.1 Å². The Bertz CT molecular complexity index is 751. The van der Waals surface area contributed by atoms with Gasteiger partial charge in [0.1, 0.15) is 0 Å². The van der Waals surface area contributed by atoms with Crippen molar-refractivity contribution in [2.24, 2.45) is 0 Å². The van der Waals surface area contributed by atoms with Gasteiger partial charge in [-0.15, -0.1) is 0 Å². The Balaban J connectivity index is 1.99. The summed E-state index contributed by atoms with van der Waals surface area (Å²) in [7, 11) is 0. The number of rotatable bonds is 7. The van der Waals surface area contributed by atoms with Gasteiger partial charge in [-0.2, -0.15) is 4.39 Å². The van der Waals surface area contributed by atoms with Gasteiger partial charge in [0.05, 0.1) is 11.5 Å². The molecule has 0 saturated carbocycles. The third-order valence-corrected chi connectivity index (χ3v) is 2.93. The van der Waals surface area contributed by atoms with E-state index in [1.54, 1.807) is 24.3 Å². The minimum absolute atomic E-state index is 0.106. The molecule has 0 saturated heterocycles. The van der Waals surface area contributed by atoms with Crippen LogP contribution in [-0.4, -0.2) is 24.0 Å². The smallest absolute Gasteiger partial charge is 0.306 e. The number of nitrogens with one attached hydrogen (secondary N) is 1. The molecule has 0 spiro atoms. The number of para-hydroxylation sites is 2. The zero-order valence-electron chi connectivity index (χ0n) is 12.8. The highest BCUT2D eigenvalue weighted by atomic mass is 19.1. The van der Waals surface area contributed by atoms with Crippen LogP contribution in [-0.2, 0) is 4.79 Å². The van der Waals surface area contributed by atoms with Gasteiger partial charge in [-0.25, -0.2) is 0 Å². The highest BCUT2D eigenvalue weighted by molar-refractivity contribution is 5.92. The van der Waals surface area contributed by atoms with E-state index in [1.165, 1.54) is 6.07 Å². The molecule has 0 aliphatic rings. The lowest BCUT2D eigenvalue weighted by molar-refractivity contribution is -0.387.